The van der Waals surface area contributed by atoms with Gasteiger partial charge in [0.1, 0.15) is 0 Å². The lowest BCUT2D eigenvalue weighted by Crippen LogP contribution is -2.55. The summed E-state index contributed by atoms with van der Waals surface area (Å²) in [5.74, 6) is -0.758. The zero-order valence-electron chi connectivity index (χ0n) is 7.70. The average molecular weight is 184 g/mol. The number of carboxylic acid groups (broad SMARTS) is 1. The van der Waals surface area contributed by atoms with E-state index in [0.717, 1.165) is 39.0 Å². The summed E-state index contributed by atoms with van der Waals surface area (Å²) in [7, 11) is 0. The van der Waals surface area contributed by atoms with E-state index in [1.165, 1.54) is 0 Å². The van der Waals surface area contributed by atoms with E-state index < -0.39 is 5.97 Å². The van der Waals surface area contributed by atoms with Crippen LogP contribution in [0.3, 0.4) is 0 Å². The van der Waals surface area contributed by atoms with E-state index >= 15 is 0 Å². The van der Waals surface area contributed by atoms with Crippen LogP contribution in [0.1, 0.15) is 12.8 Å². The van der Waals surface area contributed by atoms with Crippen molar-refractivity contribution in [3.8, 4) is 0 Å². The molecule has 2 aliphatic heterocycles. The molecule has 0 bridgehead atoms. The summed E-state index contributed by atoms with van der Waals surface area (Å²) in [4.78, 5) is 13.1. The number of nitrogens with one attached hydrogen (secondary N) is 1. The van der Waals surface area contributed by atoms with Gasteiger partial charge in [-0.25, -0.2) is 0 Å². The number of carbonyl (C=O) groups is 1. The van der Waals surface area contributed by atoms with Crippen molar-refractivity contribution < 1.29 is 9.90 Å². The van der Waals surface area contributed by atoms with Gasteiger partial charge in [0.15, 0.2) is 0 Å². The molecule has 2 atom stereocenters. The fourth-order valence-corrected chi connectivity index (χ4v) is 2.30. The van der Waals surface area contributed by atoms with Crippen molar-refractivity contribution in [3.63, 3.8) is 0 Å². The van der Waals surface area contributed by atoms with Crippen LogP contribution in [0, 0.1) is 5.92 Å². The van der Waals surface area contributed by atoms with Crippen LogP contribution in [-0.4, -0.2) is 48.2 Å². The minimum absolute atomic E-state index is 0.130. The number of nitrogens with zero attached hydrogens (tertiary/aromatic N) is 1. The number of hydrogen-bond donors (Lipinski definition) is 2. The summed E-state index contributed by atoms with van der Waals surface area (Å²) in [5, 5.41) is 12.2. The largest absolute Gasteiger partial charge is 0.481 e. The second-order valence-corrected chi connectivity index (χ2v) is 3.97. The Morgan fingerprint density at radius 1 is 1.46 bits per heavy atom. The summed E-state index contributed by atoms with van der Waals surface area (Å²) in [6.45, 7) is 3.80. The zero-order chi connectivity index (χ0) is 9.26. The van der Waals surface area contributed by atoms with Crippen LogP contribution in [0.2, 0.25) is 0 Å². The van der Waals surface area contributed by atoms with Gasteiger partial charge >= 0.3 is 5.97 Å². The molecule has 0 aromatic heterocycles. The van der Waals surface area contributed by atoms with E-state index in [1.807, 2.05) is 0 Å². The van der Waals surface area contributed by atoms with E-state index in [1.54, 1.807) is 0 Å². The van der Waals surface area contributed by atoms with Crippen molar-refractivity contribution in [2.75, 3.05) is 26.2 Å². The van der Waals surface area contributed by atoms with Crippen LogP contribution in [-0.2, 0) is 4.79 Å². The van der Waals surface area contributed by atoms with E-state index in [4.69, 9.17) is 5.11 Å². The first-order valence-corrected chi connectivity index (χ1v) is 4.95. The Kier molecular flexibility index (Phi) is 2.51. The quantitative estimate of drug-likeness (QED) is 0.590. The number of hydrogen-bond acceptors (Lipinski definition) is 3. The number of piperazine rings is 1. The Balaban J connectivity index is 1.95. The lowest BCUT2D eigenvalue weighted by atomic mass is 9.92. The highest BCUT2D eigenvalue weighted by Gasteiger charge is 2.32. The van der Waals surface area contributed by atoms with E-state index in [9.17, 15) is 4.79 Å². The smallest absolute Gasteiger partial charge is 0.307 e. The van der Waals surface area contributed by atoms with Gasteiger partial charge in [-0.15, -0.1) is 0 Å². The third-order valence-electron chi connectivity index (χ3n) is 3.12. The monoisotopic (exact) mass is 184 g/mol. The SMILES string of the molecule is O=C(O)[C@H]1CC[C@@H]2CNCCN2C1. The minimum atomic E-state index is -0.628. The molecule has 0 saturated carbocycles. The molecule has 2 rings (SSSR count). The van der Waals surface area contributed by atoms with Crippen LogP contribution in [0.25, 0.3) is 0 Å². The van der Waals surface area contributed by atoms with Crippen LogP contribution < -0.4 is 5.32 Å². The van der Waals surface area contributed by atoms with Crippen molar-refractivity contribution in [3.05, 3.63) is 0 Å². The van der Waals surface area contributed by atoms with Gasteiger partial charge in [0.25, 0.3) is 0 Å². The number of rotatable bonds is 1. The molecule has 4 heteroatoms. The molecule has 2 heterocycles. The highest BCUT2D eigenvalue weighted by molar-refractivity contribution is 5.70. The normalized spacial score (nSPS) is 35.4. The third kappa shape index (κ3) is 1.84. The molecule has 0 aliphatic carbocycles. The van der Waals surface area contributed by atoms with Crippen LogP contribution in [0.15, 0.2) is 0 Å². The molecule has 2 N–H and O–H groups in total. The van der Waals surface area contributed by atoms with Gasteiger partial charge in [0.05, 0.1) is 5.92 Å². The minimum Gasteiger partial charge on any atom is -0.481 e. The fraction of sp³-hybridized carbons (Fsp3) is 0.889. The number of fused-ring (bicyclic) bond motifs is 1. The molecule has 0 spiro atoms. The molecule has 2 aliphatic rings. The van der Waals surface area contributed by atoms with Crippen LogP contribution in [0.5, 0.6) is 0 Å². The molecule has 0 aromatic rings. The number of piperidine rings is 1. The Bertz CT molecular complexity index is 208. The molecule has 0 amide bonds. The first-order valence-electron chi connectivity index (χ1n) is 4.95. The molecule has 2 fully saturated rings. The Labute approximate surface area is 77.9 Å². The molecule has 2 saturated heterocycles. The standard InChI is InChI=1S/C9H16N2O2/c12-9(13)7-1-2-8-5-10-3-4-11(8)6-7/h7-8,10H,1-6H2,(H,12,13)/t7-,8+/m0/s1. The molecule has 13 heavy (non-hydrogen) atoms. The van der Waals surface area contributed by atoms with Gasteiger partial charge in [-0.2, -0.15) is 0 Å². The Hall–Kier alpha value is -0.610. The van der Waals surface area contributed by atoms with Crippen molar-refractivity contribution in [1.29, 1.82) is 0 Å². The van der Waals surface area contributed by atoms with Crippen molar-refractivity contribution in [2.24, 2.45) is 5.92 Å². The topological polar surface area (TPSA) is 52.6 Å². The van der Waals surface area contributed by atoms with Crippen LogP contribution in [0.4, 0.5) is 0 Å². The van der Waals surface area contributed by atoms with Gasteiger partial charge in [0.2, 0.25) is 0 Å². The maximum atomic E-state index is 10.8. The Morgan fingerprint density at radius 2 is 2.31 bits per heavy atom. The average Bonchev–Trinajstić information content (AvgIpc) is 2.17. The van der Waals surface area contributed by atoms with Crippen LogP contribution >= 0.6 is 0 Å². The van der Waals surface area contributed by atoms with Gasteiger partial charge in [-0.3, -0.25) is 9.69 Å². The second-order valence-electron chi connectivity index (χ2n) is 3.97. The van der Waals surface area contributed by atoms with Gasteiger partial charge in [-0.1, -0.05) is 0 Å². The molecule has 4 nitrogen and oxygen atoms in total. The number of carboxylic acids is 1. The van der Waals surface area contributed by atoms with Gasteiger partial charge in [0, 0.05) is 32.2 Å². The van der Waals surface area contributed by atoms with Gasteiger partial charge < -0.3 is 10.4 Å². The van der Waals surface area contributed by atoms with Crippen molar-refractivity contribution in [1.82, 2.24) is 10.2 Å². The molecule has 0 unspecified atom stereocenters. The summed E-state index contributed by atoms with van der Waals surface area (Å²) in [6, 6.07) is 0.587. The third-order valence-corrected chi connectivity index (χ3v) is 3.12. The summed E-state index contributed by atoms with van der Waals surface area (Å²) < 4.78 is 0. The highest BCUT2D eigenvalue weighted by Crippen LogP contribution is 2.22. The summed E-state index contributed by atoms with van der Waals surface area (Å²) in [5.41, 5.74) is 0. The maximum absolute atomic E-state index is 10.8. The first kappa shape index (κ1) is 8.97. The molecular formula is C9H16N2O2. The predicted octanol–water partition coefficient (Wildman–Crippen LogP) is -0.245. The Morgan fingerprint density at radius 3 is 3.08 bits per heavy atom. The number of aliphatic carboxylic acids is 1. The fourth-order valence-electron chi connectivity index (χ4n) is 2.30. The molecular weight excluding hydrogens is 168 g/mol. The van der Waals surface area contributed by atoms with E-state index in [2.05, 4.69) is 10.2 Å². The predicted molar refractivity (Wildman–Crippen MR) is 48.6 cm³/mol. The molecule has 0 radical (unpaired) electrons. The van der Waals surface area contributed by atoms with Crippen molar-refractivity contribution >= 4 is 5.97 Å². The lowest BCUT2D eigenvalue weighted by Gasteiger charge is -2.41. The summed E-state index contributed by atoms with van der Waals surface area (Å²) >= 11 is 0. The highest BCUT2D eigenvalue weighted by atomic mass is 16.4. The van der Waals surface area contributed by atoms with E-state index in [-0.39, 0.29) is 5.92 Å². The van der Waals surface area contributed by atoms with Crippen molar-refractivity contribution in [2.45, 2.75) is 18.9 Å². The first-order chi connectivity index (χ1) is 6.27. The molecule has 74 valence electrons. The van der Waals surface area contributed by atoms with E-state index in [0.29, 0.717) is 6.04 Å². The lowest BCUT2D eigenvalue weighted by molar-refractivity contribution is -0.144. The maximum Gasteiger partial charge on any atom is 0.307 e. The second kappa shape index (κ2) is 3.64. The zero-order valence-corrected chi connectivity index (χ0v) is 7.70. The summed E-state index contributed by atoms with van der Waals surface area (Å²) in [6.07, 6.45) is 1.88. The van der Waals surface area contributed by atoms with Gasteiger partial charge in [-0.05, 0) is 12.8 Å². The molecule has 0 aromatic carbocycles.